The Morgan fingerprint density at radius 1 is 0.506 bits per heavy atom. The lowest BCUT2D eigenvalue weighted by molar-refractivity contribution is -1.04. The number of amides is 1. The molecule has 0 saturated carbocycles. The monoisotopic (exact) mass is 1350 g/mol. The smallest absolute Gasteiger partial charge is 0.337 e. The van der Waals surface area contributed by atoms with Crippen LogP contribution in [-0.4, -0.2) is 267 Å². The van der Waals surface area contributed by atoms with Crippen molar-refractivity contribution in [1.82, 2.24) is 9.80 Å². The Balaban J connectivity index is 0. The Morgan fingerprint density at radius 2 is 0.876 bits per heavy atom. The number of hydrogen-bond donors (Lipinski definition) is 0. The van der Waals surface area contributed by atoms with Crippen LogP contribution in [0.2, 0.25) is 0 Å². The van der Waals surface area contributed by atoms with Crippen LogP contribution in [0.25, 0.3) is 0 Å². The number of nitrogens with zero attached hydrogens (tertiary/aromatic N) is 6. The maximum Gasteiger partial charge on any atom is 0.337 e. The highest BCUT2D eigenvalue weighted by Gasteiger charge is 2.46. The zero-order valence-electron chi connectivity index (χ0n) is 54.4. The van der Waals surface area contributed by atoms with Crippen LogP contribution in [0.1, 0.15) is 177 Å². The predicted molar refractivity (Wildman–Crippen MR) is 356 cm³/mol. The van der Waals surface area contributed by atoms with Crippen molar-refractivity contribution in [2.45, 2.75) is 183 Å². The number of rotatable bonds is 42. The Kier molecular flexibility index (Phi) is 44.3. The molecule has 3 rings (SSSR count). The van der Waals surface area contributed by atoms with E-state index in [1.165, 1.54) is 83.1 Å². The lowest BCUT2D eigenvalue weighted by Gasteiger charge is -2.51. The summed E-state index contributed by atoms with van der Waals surface area (Å²) in [4.78, 5) is 39.5. The second-order valence-electron chi connectivity index (χ2n) is 25.8. The van der Waals surface area contributed by atoms with E-state index in [-0.39, 0.29) is 49.7 Å². The Hall–Kier alpha value is -2.86. The summed E-state index contributed by atoms with van der Waals surface area (Å²) in [6, 6.07) is 0. The van der Waals surface area contributed by atoms with Gasteiger partial charge in [0, 0.05) is 79.4 Å². The molecular weight excluding hydrogens is 1220 g/mol. The van der Waals surface area contributed by atoms with E-state index in [4.69, 9.17) is 9.47 Å². The number of ether oxygens (including phenoxy) is 2. The van der Waals surface area contributed by atoms with E-state index in [9.17, 15) is 62.1 Å². The molecule has 0 aliphatic carbocycles. The van der Waals surface area contributed by atoms with Crippen LogP contribution in [0.3, 0.4) is 0 Å². The highest BCUT2D eigenvalue weighted by atomic mass is 32.2. The first kappa shape index (κ1) is 88.2. The van der Waals surface area contributed by atoms with Gasteiger partial charge in [-0.25, -0.2) is 34.8 Å². The first-order valence-electron chi connectivity index (χ1n) is 32.0. The van der Waals surface area contributed by atoms with Crippen LogP contribution in [0.5, 0.6) is 0 Å². The van der Waals surface area contributed by atoms with Gasteiger partial charge < -0.3 is 46.0 Å². The van der Waals surface area contributed by atoms with E-state index in [1.54, 1.807) is 18.7 Å². The van der Waals surface area contributed by atoms with E-state index in [2.05, 4.69) is 51.5 Å². The Bertz CT molecular complexity index is 2510. The molecule has 0 radical (unpaired) electrons. The van der Waals surface area contributed by atoms with E-state index < -0.39 is 52.4 Å². The topological polar surface area (TPSA) is 288 Å². The van der Waals surface area contributed by atoms with Gasteiger partial charge in [-0.2, -0.15) is 0 Å². The van der Waals surface area contributed by atoms with E-state index in [0.29, 0.717) is 122 Å². The van der Waals surface area contributed by atoms with Crippen molar-refractivity contribution >= 4 is 63.9 Å². The minimum atomic E-state index is -4.25. The molecule has 0 bridgehead atoms. The van der Waals surface area contributed by atoms with Crippen LogP contribution >= 0.6 is 0 Å². The molecule has 526 valence electrons. The highest BCUT2D eigenvalue weighted by Crippen LogP contribution is 2.29. The van der Waals surface area contributed by atoms with Gasteiger partial charge in [0.25, 0.3) is 0 Å². The van der Waals surface area contributed by atoms with Gasteiger partial charge in [0.1, 0.15) is 26.2 Å². The lowest BCUT2D eigenvalue weighted by Crippen LogP contribution is -2.69. The summed E-state index contributed by atoms with van der Waals surface area (Å²) in [5, 5.41) is 0. The van der Waals surface area contributed by atoms with Gasteiger partial charge in [0.15, 0.2) is 0 Å². The molecule has 3 saturated heterocycles. The molecule has 1 amide bonds. The summed E-state index contributed by atoms with van der Waals surface area (Å²) in [6.45, 7) is 30.3. The van der Waals surface area contributed by atoms with Crippen molar-refractivity contribution in [2.75, 3.05) is 162 Å². The van der Waals surface area contributed by atoms with Crippen LogP contribution in [0.4, 0.5) is 0 Å². The Labute approximate surface area is 542 Å². The molecule has 0 aromatic rings. The zero-order valence-corrected chi connectivity index (χ0v) is 57.7. The second kappa shape index (κ2) is 44.7. The second-order valence-corrected chi connectivity index (χ2v) is 32.2. The molecule has 22 nitrogen and oxygen atoms in total. The molecule has 3 aliphatic rings. The largest absolute Gasteiger partial charge is 0.778 e. The van der Waals surface area contributed by atoms with E-state index in [0.717, 1.165) is 88.9 Å². The lowest BCUT2D eigenvalue weighted by atomic mass is 10.0. The fourth-order valence-corrected chi connectivity index (χ4v) is 13.5. The van der Waals surface area contributed by atoms with E-state index >= 15 is 0 Å². The third-order valence-corrected chi connectivity index (χ3v) is 20.7. The van der Waals surface area contributed by atoms with Crippen LogP contribution in [0, 0.1) is 0 Å². The first-order chi connectivity index (χ1) is 40.5. The fraction of sp³-hybridized carbons (Fsp3) is 0.841. The minimum Gasteiger partial charge on any atom is -0.778 e. The maximum atomic E-state index is 12.6. The summed E-state index contributed by atoms with van der Waals surface area (Å²) in [6.07, 6.45) is 23.4. The summed E-state index contributed by atoms with van der Waals surface area (Å²) in [5.41, 5.74) is 0.797. The van der Waals surface area contributed by atoms with Crippen molar-refractivity contribution in [3.63, 3.8) is 0 Å². The Morgan fingerprint density at radius 3 is 1.27 bits per heavy atom. The van der Waals surface area contributed by atoms with Gasteiger partial charge in [0.05, 0.1) is 124 Å². The molecule has 3 heterocycles. The molecule has 0 aromatic carbocycles. The minimum absolute atomic E-state index is 0. The van der Waals surface area contributed by atoms with Gasteiger partial charge in [-0.15, -0.1) is 0 Å². The van der Waals surface area contributed by atoms with Crippen LogP contribution in [-0.2, 0) is 64.0 Å². The molecule has 0 N–H and O–H groups in total. The summed E-state index contributed by atoms with van der Waals surface area (Å²) in [7, 11) is -9.58. The fourth-order valence-electron chi connectivity index (χ4n) is 11.5. The third-order valence-electron chi connectivity index (χ3n) is 17.4. The van der Waals surface area contributed by atoms with Gasteiger partial charge in [-0.3, -0.25) is 18.4 Å². The van der Waals surface area contributed by atoms with Crippen LogP contribution < -0.4 is 0 Å². The number of carbonyl (C=O) groups is 3. The van der Waals surface area contributed by atoms with Crippen molar-refractivity contribution in [1.29, 1.82) is 0 Å². The molecular formula is C63H124N6O16S4. The number of quaternary nitrogens is 4. The molecule has 2 unspecified atom stereocenters. The molecule has 3 aliphatic heterocycles. The van der Waals surface area contributed by atoms with Gasteiger partial charge >= 0.3 is 11.9 Å². The molecule has 3 fully saturated rings. The summed E-state index contributed by atoms with van der Waals surface area (Å²) < 4.78 is 134. The number of piperazine rings is 3. The molecule has 26 heteroatoms. The maximum absolute atomic E-state index is 12.6. The van der Waals surface area contributed by atoms with Crippen molar-refractivity contribution in [3.05, 3.63) is 37.0 Å². The third kappa shape index (κ3) is 43.6. The van der Waals surface area contributed by atoms with Crippen molar-refractivity contribution in [2.24, 2.45) is 0 Å². The SMILES string of the molecule is C.C.C=C(C)C(=O)OC(CCCCCCCCCC)[N+]1(CCCS(=C)(=O)[O-])CC[N+](C)(CCCS(=O)(=O)[O-])CC1.C=C(C)C(=O)OCCCCCCCCCCCN1CC[N+](C)(CCCS(=O)(=O)[O-])CC1.C=CC(=O)N1CC[N+](C)(CCCS(=O)(=O)[O-])CC1. The first-order valence-corrected chi connectivity index (χ1v) is 38.6. The van der Waals surface area contributed by atoms with Crippen molar-refractivity contribution in [3.8, 4) is 0 Å². The quantitative estimate of drug-likeness (QED) is 0.0144. The molecule has 0 spiro atoms. The number of esters is 2. The standard InChI is InChI=1S/C27H52N2O7S2.C23H44N2O5S.C11H20N2O4S.2CH4/c1-6-7-8-9-10-11-12-13-16-26(36-27(30)25(2)3)29(18-15-23-37(5,31)32)21-19-28(4,20-22-29)17-14-24-38(33,34)35;1-22(2)23(26)30-20-12-10-8-6-4-5-7-9-11-14-24-15-18-25(3,19-16-24)17-13-21-31(27,28)29;1-3-11(14)12-5-8-13(2,9-6-12)7-4-10-18(15,16)17;;/h26H,2,5-24H2,1,3-4H3;1,4-21H2,2-3H3;3H,1,4-10H2,2H3;2*1H4. The summed E-state index contributed by atoms with van der Waals surface area (Å²) in [5.74, 6) is 1.52. The molecule has 0 aromatic heterocycles. The number of unbranched alkanes of at least 4 members (excludes halogenated alkanes) is 15. The highest BCUT2D eigenvalue weighted by molar-refractivity contribution is 7.95. The zero-order chi connectivity index (χ0) is 65.9. The number of hydrogen-bond acceptors (Lipinski definition) is 17. The molecule has 2 atom stereocenters. The van der Waals surface area contributed by atoms with Gasteiger partial charge in [0.2, 0.25) is 12.1 Å². The van der Waals surface area contributed by atoms with Crippen molar-refractivity contribution < 1.29 is 89.5 Å². The van der Waals surface area contributed by atoms with E-state index in [1.807, 2.05) is 7.05 Å². The average molecular weight is 1350 g/mol. The van der Waals surface area contributed by atoms with Gasteiger partial charge in [-0.05, 0) is 45.7 Å². The normalized spacial score (nSPS) is 20.3. The number of carbonyl (C=O) groups excluding carboxylic acids is 3. The predicted octanol–water partition coefficient (Wildman–Crippen LogP) is 7.39. The van der Waals surface area contributed by atoms with Gasteiger partial charge in [-0.1, -0.05) is 147 Å². The number of likely N-dealkylation sites (N-methyl/N-ethyl adjacent to an activating group) is 3. The average Bonchev–Trinajstić information content (AvgIpc) is 1.28. The summed E-state index contributed by atoms with van der Waals surface area (Å²) >= 11 is 0. The molecule has 89 heavy (non-hydrogen) atoms. The van der Waals surface area contributed by atoms with Crippen LogP contribution in [0.15, 0.2) is 37.0 Å².